The molecule has 0 amide bonds. The molecule has 0 radical (unpaired) electrons. The van der Waals surface area contributed by atoms with Gasteiger partial charge in [-0.25, -0.2) is 0 Å². The smallest absolute Gasteiger partial charge is 0.313 e. The summed E-state index contributed by atoms with van der Waals surface area (Å²) < 4.78 is 5.25. The first-order valence-electron chi connectivity index (χ1n) is 5.66. The van der Waals surface area contributed by atoms with Gasteiger partial charge in [-0.05, 0) is 30.6 Å². The van der Waals surface area contributed by atoms with Crippen molar-refractivity contribution < 1.29 is 9.53 Å². The van der Waals surface area contributed by atoms with Gasteiger partial charge in [-0.1, -0.05) is 36.7 Å². The predicted molar refractivity (Wildman–Crippen MR) is 62.9 cm³/mol. The molecule has 0 aromatic carbocycles. The maximum Gasteiger partial charge on any atom is 0.313 e. The lowest BCUT2D eigenvalue weighted by atomic mass is 9.43. The molecule has 3 fully saturated rings. The van der Waals surface area contributed by atoms with Gasteiger partial charge in [0.05, 0.1) is 12.0 Å². The number of fused-ring (bicyclic) bond motifs is 1. The van der Waals surface area contributed by atoms with Crippen LogP contribution < -0.4 is 0 Å². The zero-order valence-corrected chi connectivity index (χ0v) is 11.5. The Morgan fingerprint density at radius 3 is 2.33 bits per heavy atom. The molecule has 0 aliphatic heterocycles. The second-order valence-corrected chi connectivity index (χ2v) is 6.51. The molecule has 0 aromatic rings. The molecule has 0 unspecified atom stereocenters. The molecular weight excluding hydrogens is 256 g/mol. The summed E-state index contributed by atoms with van der Waals surface area (Å²) in [6.45, 7) is 9.03. The van der Waals surface area contributed by atoms with Crippen LogP contribution in [-0.2, 0) is 9.53 Å². The minimum atomic E-state index is -0.280. The summed E-state index contributed by atoms with van der Waals surface area (Å²) in [4.78, 5) is 12.4. The first-order chi connectivity index (χ1) is 6.84. The van der Waals surface area contributed by atoms with Crippen LogP contribution in [0.2, 0.25) is 0 Å². The Morgan fingerprint density at radius 1 is 1.40 bits per heavy atom. The number of alkyl halides is 1. The zero-order valence-electron chi connectivity index (χ0n) is 9.89. The topological polar surface area (TPSA) is 26.3 Å². The Hall–Kier alpha value is -0.0500. The fourth-order valence-corrected chi connectivity index (χ4v) is 5.45. The van der Waals surface area contributed by atoms with Crippen LogP contribution in [0.4, 0.5) is 0 Å². The van der Waals surface area contributed by atoms with Gasteiger partial charge in [-0.3, -0.25) is 4.79 Å². The molecular formula is C12H19BrO2. The maximum atomic E-state index is 12.1. The quantitative estimate of drug-likeness (QED) is 0.571. The molecule has 3 saturated carbocycles. The van der Waals surface area contributed by atoms with Gasteiger partial charge in [-0.15, -0.1) is 0 Å². The Kier molecular flexibility index (Phi) is 2.28. The Labute approximate surface area is 99.9 Å². The fourth-order valence-electron chi connectivity index (χ4n) is 3.67. The normalized spacial score (nSPS) is 46.1. The van der Waals surface area contributed by atoms with Crippen LogP contribution in [0, 0.1) is 16.2 Å². The number of esters is 1. The summed E-state index contributed by atoms with van der Waals surface area (Å²) in [5.41, 5.74) is 0.0257. The fraction of sp³-hybridized carbons (Fsp3) is 0.917. The van der Waals surface area contributed by atoms with E-state index in [-0.39, 0.29) is 27.0 Å². The number of hydrogen-bond donors (Lipinski definition) is 0. The van der Waals surface area contributed by atoms with Crippen molar-refractivity contribution >= 4 is 21.9 Å². The summed E-state index contributed by atoms with van der Waals surface area (Å²) in [5.74, 6) is -0.00755. The third-order valence-corrected chi connectivity index (χ3v) is 7.01. The van der Waals surface area contributed by atoms with E-state index in [1.54, 1.807) is 0 Å². The third-order valence-electron chi connectivity index (χ3n) is 5.21. The van der Waals surface area contributed by atoms with Gasteiger partial charge in [0.2, 0.25) is 0 Å². The van der Waals surface area contributed by atoms with E-state index >= 15 is 0 Å². The van der Waals surface area contributed by atoms with Crippen LogP contribution in [0.25, 0.3) is 0 Å². The van der Waals surface area contributed by atoms with E-state index in [0.29, 0.717) is 6.61 Å². The number of hydrogen-bond acceptors (Lipinski definition) is 2. The largest absolute Gasteiger partial charge is 0.466 e. The van der Waals surface area contributed by atoms with Crippen LogP contribution in [-0.4, -0.2) is 17.4 Å². The van der Waals surface area contributed by atoms with Crippen LogP contribution in [0.3, 0.4) is 0 Å². The van der Waals surface area contributed by atoms with Crippen molar-refractivity contribution in [3.63, 3.8) is 0 Å². The van der Waals surface area contributed by atoms with E-state index in [4.69, 9.17) is 4.74 Å². The molecule has 0 heterocycles. The average molecular weight is 275 g/mol. The van der Waals surface area contributed by atoms with E-state index in [9.17, 15) is 4.79 Å². The van der Waals surface area contributed by atoms with E-state index in [1.807, 2.05) is 6.92 Å². The minimum absolute atomic E-state index is 0.00755. The highest BCUT2D eigenvalue weighted by Crippen LogP contribution is 2.80. The van der Waals surface area contributed by atoms with Crippen LogP contribution in [0.5, 0.6) is 0 Å². The summed E-state index contributed by atoms with van der Waals surface area (Å²) in [5, 5.41) is 0. The average Bonchev–Trinajstić information content (AvgIpc) is 2.55. The van der Waals surface area contributed by atoms with E-state index < -0.39 is 0 Å². The number of rotatable bonds is 2. The van der Waals surface area contributed by atoms with Crippen LogP contribution in [0.1, 0.15) is 40.5 Å². The third kappa shape index (κ3) is 0.943. The molecule has 0 N–H and O–H groups in total. The van der Waals surface area contributed by atoms with Crippen molar-refractivity contribution in [2.45, 2.75) is 45.4 Å². The van der Waals surface area contributed by atoms with Crippen molar-refractivity contribution in [2.75, 3.05) is 6.61 Å². The predicted octanol–water partition coefficient (Wildman–Crippen LogP) is 3.14. The van der Waals surface area contributed by atoms with E-state index in [1.165, 1.54) is 0 Å². The maximum absolute atomic E-state index is 12.1. The number of halogens is 1. The first-order valence-corrected chi connectivity index (χ1v) is 6.57. The Morgan fingerprint density at radius 2 is 2.00 bits per heavy atom. The molecule has 3 aliphatic rings. The van der Waals surface area contributed by atoms with Gasteiger partial charge >= 0.3 is 5.97 Å². The monoisotopic (exact) mass is 274 g/mol. The second-order valence-electron chi connectivity index (χ2n) is 5.60. The van der Waals surface area contributed by atoms with Gasteiger partial charge < -0.3 is 4.74 Å². The highest BCUT2D eigenvalue weighted by Gasteiger charge is 2.80. The van der Waals surface area contributed by atoms with E-state index in [2.05, 4.69) is 36.7 Å². The summed E-state index contributed by atoms with van der Waals surface area (Å²) in [6, 6.07) is 0. The number of ether oxygens (including phenoxy) is 1. The molecule has 0 saturated heterocycles. The standard InChI is InChI=1S/C12H19BrO2/c1-5-15-9(14)12-7-6-11(4,8(12)13)10(12,2)3/h8H,5-7H2,1-4H3/t8-,11-,12-/m0/s1. The lowest BCUT2D eigenvalue weighted by Gasteiger charge is -2.63. The van der Waals surface area contributed by atoms with Crippen molar-refractivity contribution in [1.29, 1.82) is 0 Å². The van der Waals surface area contributed by atoms with Crippen molar-refractivity contribution in [3.8, 4) is 0 Å². The van der Waals surface area contributed by atoms with Crippen LogP contribution in [0.15, 0.2) is 0 Å². The van der Waals surface area contributed by atoms with E-state index in [0.717, 1.165) is 12.8 Å². The Bertz CT molecular complexity index is 313. The van der Waals surface area contributed by atoms with Crippen molar-refractivity contribution in [2.24, 2.45) is 16.2 Å². The molecule has 86 valence electrons. The molecule has 3 rings (SSSR count). The van der Waals surface area contributed by atoms with Crippen LogP contribution >= 0.6 is 15.9 Å². The van der Waals surface area contributed by atoms with Gasteiger partial charge in [0.25, 0.3) is 0 Å². The van der Waals surface area contributed by atoms with Gasteiger partial charge in [-0.2, -0.15) is 0 Å². The molecule has 2 bridgehead atoms. The van der Waals surface area contributed by atoms with Gasteiger partial charge in [0, 0.05) is 4.83 Å². The van der Waals surface area contributed by atoms with Gasteiger partial charge in [0.1, 0.15) is 0 Å². The van der Waals surface area contributed by atoms with Gasteiger partial charge in [0.15, 0.2) is 0 Å². The molecule has 0 aromatic heterocycles. The Balaban J connectivity index is 2.35. The molecule has 3 atom stereocenters. The lowest BCUT2D eigenvalue weighted by molar-refractivity contribution is -0.186. The lowest BCUT2D eigenvalue weighted by Crippen LogP contribution is -2.67. The first kappa shape index (κ1) is 11.4. The molecule has 0 spiro atoms. The highest BCUT2D eigenvalue weighted by atomic mass is 79.9. The second kappa shape index (κ2) is 2.99. The van der Waals surface area contributed by atoms with Crippen molar-refractivity contribution in [3.05, 3.63) is 0 Å². The molecule has 15 heavy (non-hydrogen) atoms. The minimum Gasteiger partial charge on any atom is -0.466 e. The highest BCUT2D eigenvalue weighted by molar-refractivity contribution is 9.09. The summed E-state index contributed by atoms with van der Waals surface area (Å²) >= 11 is 3.71. The molecule has 3 aliphatic carbocycles. The SMILES string of the molecule is CCOC(=O)[C@]12CC[C@@](C)([C@@H]1Br)C2(C)C. The van der Waals surface area contributed by atoms with Crippen molar-refractivity contribution in [1.82, 2.24) is 0 Å². The molecule has 2 nitrogen and oxygen atoms in total. The zero-order chi connectivity index (χ0) is 11.5. The number of carbonyl (C=O) groups excluding carboxylic acids is 1. The summed E-state index contributed by atoms with van der Waals surface area (Å²) in [7, 11) is 0. The molecule has 3 heteroatoms. The number of carbonyl (C=O) groups is 1. The summed E-state index contributed by atoms with van der Waals surface area (Å²) in [6.07, 6.45) is 2.08.